The summed E-state index contributed by atoms with van der Waals surface area (Å²) in [6, 6.07) is 3.02. The minimum absolute atomic E-state index is 0.0461. The Morgan fingerprint density at radius 2 is 1.94 bits per heavy atom. The minimum atomic E-state index is -4.85. The molecule has 0 saturated carbocycles. The van der Waals surface area contributed by atoms with Gasteiger partial charge in [-0.1, -0.05) is 11.6 Å². The van der Waals surface area contributed by atoms with Gasteiger partial charge in [0.15, 0.2) is 24.0 Å². The molecule has 15 heteroatoms. The van der Waals surface area contributed by atoms with Crippen molar-refractivity contribution < 1.29 is 41.7 Å². The summed E-state index contributed by atoms with van der Waals surface area (Å²) < 4.78 is 73.7. The van der Waals surface area contributed by atoms with Crippen molar-refractivity contribution in [3.63, 3.8) is 0 Å². The fraction of sp³-hybridized carbons (Fsp3) is 0.250. The number of carbonyl (C=O) groups excluding carboxylic acids is 1. The molecule has 1 heterocycles. The van der Waals surface area contributed by atoms with Crippen molar-refractivity contribution in [1.29, 1.82) is 0 Å². The van der Waals surface area contributed by atoms with Gasteiger partial charge in [-0.3, -0.25) is 9.36 Å². The van der Waals surface area contributed by atoms with Crippen LogP contribution in [0.15, 0.2) is 29.1 Å². The molecule has 1 aromatic heterocycles. The van der Waals surface area contributed by atoms with Crippen LogP contribution in [-0.2, 0) is 13.2 Å². The van der Waals surface area contributed by atoms with Crippen LogP contribution in [0.25, 0.3) is 5.69 Å². The first kappa shape index (κ1) is 26.0. The molecule has 2 aromatic carbocycles. The molecule has 0 unspecified atom stereocenters. The standard InChI is InChI=1S/C20H16ClF5N4O5/c1-2-29-15(7-31)28-30(19(29)34)12-6-14(35-8-20(24,25)26)9(5-11(12)22)18(33)27-17-10(21)3-4-13(32)16(17)23/h3-6,31-32H,2,7-8H2,1H3,(H,27,33). The molecule has 0 fully saturated rings. The van der Waals surface area contributed by atoms with Crippen LogP contribution in [-0.4, -0.2) is 43.3 Å². The van der Waals surface area contributed by atoms with E-state index in [0.29, 0.717) is 16.8 Å². The Bertz CT molecular complexity index is 1340. The summed E-state index contributed by atoms with van der Waals surface area (Å²) in [7, 11) is 0. The number of nitrogens with one attached hydrogen (secondary N) is 1. The van der Waals surface area contributed by atoms with Gasteiger partial charge in [0.1, 0.15) is 23.9 Å². The van der Waals surface area contributed by atoms with Crippen molar-refractivity contribution in [2.75, 3.05) is 11.9 Å². The Morgan fingerprint density at radius 3 is 2.51 bits per heavy atom. The molecule has 188 valence electrons. The number of aromatic hydroxyl groups is 1. The topological polar surface area (TPSA) is 119 Å². The molecule has 0 atom stereocenters. The first-order chi connectivity index (χ1) is 16.4. The van der Waals surface area contributed by atoms with E-state index in [0.717, 1.165) is 16.7 Å². The van der Waals surface area contributed by atoms with Crippen molar-refractivity contribution >= 4 is 23.2 Å². The minimum Gasteiger partial charge on any atom is -0.505 e. The number of ether oxygens (including phenoxy) is 1. The summed E-state index contributed by atoms with van der Waals surface area (Å²) >= 11 is 5.80. The number of nitrogens with zero attached hydrogens (tertiary/aromatic N) is 3. The first-order valence-electron chi connectivity index (χ1n) is 9.69. The van der Waals surface area contributed by atoms with E-state index >= 15 is 0 Å². The number of rotatable bonds is 7. The smallest absolute Gasteiger partial charge is 0.422 e. The normalized spacial score (nSPS) is 11.5. The summed E-state index contributed by atoms with van der Waals surface area (Å²) in [5, 5.41) is 24.2. The van der Waals surface area contributed by atoms with Crippen LogP contribution in [0.5, 0.6) is 11.5 Å². The molecule has 0 saturated heterocycles. The zero-order chi connectivity index (χ0) is 26.1. The van der Waals surface area contributed by atoms with Gasteiger partial charge in [0.2, 0.25) is 0 Å². The van der Waals surface area contributed by atoms with Gasteiger partial charge < -0.3 is 20.3 Å². The number of aliphatic hydroxyl groups is 1. The number of halogens is 6. The fourth-order valence-corrected chi connectivity index (χ4v) is 3.22. The highest BCUT2D eigenvalue weighted by Gasteiger charge is 2.30. The maximum absolute atomic E-state index is 15.0. The summed E-state index contributed by atoms with van der Waals surface area (Å²) in [4.78, 5) is 25.3. The van der Waals surface area contributed by atoms with Crippen LogP contribution >= 0.6 is 11.6 Å². The maximum Gasteiger partial charge on any atom is 0.422 e. The number of amides is 1. The van der Waals surface area contributed by atoms with E-state index < -0.39 is 71.1 Å². The zero-order valence-electron chi connectivity index (χ0n) is 17.7. The molecular weight excluding hydrogens is 507 g/mol. The highest BCUT2D eigenvalue weighted by Crippen LogP contribution is 2.33. The van der Waals surface area contributed by atoms with Gasteiger partial charge in [0.25, 0.3) is 5.91 Å². The molecule has 9 nitrogen and oxygen atoms in total. The number of carbonyl (C=O) groups is 1. The average molecular weight is 523 g/mol. The third-order valence-electron chi connectivity index (χ3n) is 4.62. The van der Waals surface area contributed by atoms with Gasteiger partial charge in [-0.2, -0.15) is 17.9 Å². The highest BCUT2D eigenvalue weighted by molar-refractivity contribution is 6.34. The second-order valence-corrected chi connectivity index (χ2v) is 7.33. The van der Waals surface area contributed by atoms with Crippen molar-refractivity contribution in [1.82, 2.24) is 14.3 Å². The number of aliphatic hydroxyl groups excluding tert-OH is 1. The number of phenolic OH excluding ortho intramolecular Hbond substituents is 1. The average Bonchev–Trinajstić information content (AvgIpc) is 3.12. The number of aromatic nitrogens is 3. The lowest BCUT2D eigenvalue weighted by molar-refractivity contribution is -0.153. The van der Waals surface area contributed by atoms with Gasteiger partial charge in [-0.05, 0) is 25.1 Å². The number of alkyl halides is 3. The van der Waals surface area contributed by atoms with Crippen LogP contribution in [0.1, 0.15) is 23.1 Å². The summed E-state index contributed by atoms with van der Waals surface area (Å²) in [5.41, 5.74) is -3.11. The molecule has 3 aromatic rings. The van der Waals surface area contributed by atoms with Crippen molar-refractivity contribution in [2.45, 2.75) is 26.3 Å². The summed E-state index contributed by atoms with van der Waals surface area (Å²) in [6.07, 6.45) is -4.85. The Hall–Kier alpha value is -3.65. The summed E-state index contributed by atoms with van der Waals surface area (Å²) in [5.74, 6) is -5.80. The molecule has 0 aliphatic rings. The van der Waals surface area contributed by atoms with E-state index in [1.807, 2.05) is 5.32 Å². The number of benzene rings is 2. The van der Waals surface area contributed by atoms with Crippen LogP contribution in [0, 0.1) is 11.6 Å². The second kappa shape index (κ2) is 9.92. The van der Waals surface area contributed by atoms with Gasteiger partial charge in [0.05, 0.1) is 16.3 Å². The number of hydrogen-bond donors (Lipinski definition) is 3. The Kier molecular flexibility index (Phi) is 7.36. The molecule has 0 radical (unpaired) electrons. The van der Waals surface area contributed by atoms with Gasteiger partial charge in [0, 0.05) is 12.6 Å². The lowest BCUT2D eigenvalue weighted by Gasteiger charge is -2.16. The van der Waals surface area contributed by atoms with Crippen molar-refractivity contribution in [3.8, 4) is 17.2 Å². The van der Waals surface area contributed by atoms with E-state index in [4.69, 9.17) is 11.6 Å². The Labute approximate surface area is 197 Å². The molecule has 1 amide bonds. The van der Waals surface area contributed by atoms with E-state index in [1.165, 1.54) is 0 Å². The number of anilines is 1. The maximum atomic E-state index is 15.0. The van der Waals surface area contributed by atoms with E-state index in [1.54, 1.807) is 6.92 Å². The van der Waals surface area contributed by atoms with Crippen LogP contribution < -0.4 is 15.7 Å². The third kappa shape index (κ3) is 5.38. The Balaban J connectivity index is 2.13. The molecule has 3 N–H and O–H groups in total. The zero-order valence-corrected chi connectivity index (χ0v) is 18.4. The molecule has 0 aliphatic carbocycles. The molecule has 0 bridgehead atoms. The predicted octanol–water partition coefficient (Wildman–Crippen LogP) is 3.38. The van der Waals surface area contributed by atoms with Crippen molar-refractivity contribution in [2.24, 2.45) is 0 Å². The van der Waals surface area contributed by atoms with E-state index in [2.05, 4.69) is 9.84 Å². The number of hydrogen-bond acceptors (Lipinski definition) is 6. The van der Waals surface area contributed by atoms with Gasteiger partial charge in [-0.15, -0.1) is 5.10 Å². The largest absolute Gasteiger partial charge is 0.505 e. The van der Waals surface area contributed by atoms with E-state index in [-0.39, 0.29) is 17.4 Å². The first-order valence-corrected chi connectivity index (χ1v) is 10.1. The predicted molar refractivity (Wildman–Crippen MR) is 112 cm³/mol. The van der Waals surface area contributed by atoms with Crippen LogP contribution in [0.2, 0.25) is 5.02 Å². The third-order valence-corrected chi connectivity index (χ3v) is 4.93. The van der Waals surface area contributed by atoms with Crippen LogP contribution in [0.4, 0.5) is 27.6 Å². The monoisotopic (exact) mass is 522 g/mol. The second-order valence-electron chi connectivity index (χ2n) is 6.93. The molecular formula is C20H16ClF5N4O5. The Morgan fingerprint density at radius 1 is 1.26 bits per heavy atom. The molecule has 3 rings (SSSR count). The van der Waals surface area contributed by atoms with Crippen molar-refractivity contribution in [3.05, 3.63) is 62.8 Å². The quantitative estimate of drug-likeness (QED) is 0.409. The lowest BCUT2D eigenvalue weighted by Crippen LogP contribution is -2.25. The van der Waals surface area contributed by atoms with E-state index in [9.17, 15) is 41.8 Å². The fourth-order valence-electron chi connectivity index (χ4n) is 3.03. The number of phenols is 1. The molecule has 0 aliphatic heterocycles. The molecule has 35 heavy (non-hydrogen) atoms. The lowest BCUT2D eigenvalue weighted by atomic mass is 10.1. The molecule has 0 spiro atoms. The SMILES string of the molecule is CCn1c(CO)nn(-c2cc(OCC(F)(F)F)c(C(=O)Nc3c(Cl)ccc(O)c3F)cc2F)c1=O. The van der Waals surface area contributed by atoms with Gasteiger partial charge in [-0.25, -0.2) is 13.6 Å². The van der Waals surface area contributed by atoms with Crippen LogP contribution in [0.3, 0.4) is 0 Å². The summed E-state index contributed by atoms with van der Waals surface area (Å²) in [6.45, 7) is -0.990. The van der Waals surface area contributed by atoms with Gasteiger partial charge >= 0.3 is 11.9 Å². The highest BCUT2D eigenvalue weighted by atomic mass is 35.5.